The molecule has 1 aliphatic carbocycles. The molecule has 0 aliphatic heterocycles. The minimum Gasteiger partial charge on any atom is -0.0651 e. The number of fused-ring (bicyclic) bond motifs is 1. The van der Waals surface area contributed by atoms with Gasteiger partial charge in [-0.15, -0.1) is 0 Å². The lowest BCUT2D eigenvalue weighted by Gasteiger charge is -2.25. The molecule has 0 nitrogen and oxygen atoms in total. The van der Waals surface area contributed by atoms with Crippen molar-refractivity contribution in [3.8, 4) is 0 Å². The van der Waals surface area contributed by atoms with Crippen LogP contribution in [0.2, 0.25) is 0 Å². The Balaban J connectivity index is 2.80. The van der Waals surface area contributed by atoms with Crippen LogP contribution >= 0.6 is 0 Å². The SMILES string of the molecule is CCCC1=C(CCC)c2c(CCC)c(CCC)c(CCC)c(CCC)c2C1. The summed E-state index contributed by atoms with van der Waals surface area (Å²) in [4.78, 5) is 0. The molecule has 1 aromatic carbocycles. The van der Waals surface area contributed by atoms with E-state index < -0.39 is 0 Å². The Hall–Kier alpha value is -1.04. The van der Waals surface area contributed by atoms with Gasteiger partial charge in [-0.05, 0) is 83.9 Å². The summed E-state index contributed by atoms with van der Waals surface area (Å²) in [5.74, 6) is 0. The lowest BCUT2D eigenvalue weighted by Crippen LogP contribution is -2.11. The quantitative estimate of drug-likeness (QED) is 0.347. The zero-order valence-corrected chi connectivity index (χ0v) is 19.2. The summed E-state index contributed by atoms with van der Waals surface area (Å²) < 4.78 is 0. The van der Waals surface area contributed by atoms with E-state index in [1.54, 1.807) is 44.5 Å². The molecule has 0 heteroatoms. The average molecular weight is 369 g/mol. The molecule has 0 saturated carbocycles. The monoisotopic (exact) mass is 368 g/mol. The van der Waals surface area contributed by atoms with Crippen LogP contribution in [0.25, 0.3) is 5.57 Å². The number of hydrogen-bond donors (Lipinski definition) is 0. The van der Waals surface area contributed by atoms with Crippen LogP contribution < -0.4 is 0 Å². The molecule has 0 aromatic heterocycles. The van der Waals surface area contributed by atoms with Crippen LogP contribution in [0.4, 0.5) is 0 Å². The van der Waals surface area contributed by atoms with Crippen molar-refractivity contribution >= 4 is 5.57 Å². The minimum atomic E-state index is 1.26. The van der Waals surface area contributed by atoms with Gasteiger partial charge in [0.1, 0.15) is 0 Å². The van der Waals surface area contributed by atoms with Gasteiger partial charge in [-0.1, -0.05) is 85.6 Å². The second kappa shape index (κ2) is 11.1. The van der Waals surface area contributed by atoms with Crippen LogP contribution in [-0.4, -0.2) is 0 Å². The second-order valence-corrected chi connectivity index (χ2v) is 8.53. The van der Waals surface area contributed by atoms with E-state index >= 15 is 0 Å². The summed E-state index contributed by atoms with van der Waals surface area (Å²) in [5.41, 5.74) is 14.1. The molecule has 0 atom stereocenters. The highest BCUT2D eigenvalue weighted by Gasteiger charge is 2.29. The van der Waals surface area contributed by atoms with Crippen LogP contribution in [0.15, 0.2) is 5.57 Å². The largest absolute Gasteiger partial charge is 0.0651 e. The fourth-order valence-electron chi connectivity index (χ4n) is 5.36. The fraction of sp³-hybridized carbons (Fsp3) is 0.704. The highest BCUT2D eigenvalue weighted by molar-refractivity contribution is 5.81. The highest BCUT2D eigenvalue weighted by atomic mass is 14.3. The van der Waals surface area contributed by atoms with E-state index in [2.05, 4.69) is 41.5 Å². The van der Waals surface area contributed by atoms with E-state index in [-0.39, 0.29) is 0 Å². The van der Waals surface area contributed by atoms with E-state index in [0.717, 1.165) is 0 Å². The van der Waals surface area contributed by atoms with Crippen LogP contribution in [0.5, 0.6) is 0 Å². The van der Waals surface area contributed by atoms with E-state index in [0.29, 0.717) is 0 Å². The molecule has 0 unspecified atom stereocenters. The average Bonchev–Trinajstić information content (AvgIpc) is 3.00. The molecule has 0 heterocycles. The molecule has 0 saturated heterocycles. The third kappa shape index (κ3) is 4.69. The zero-order valence-electron chi connectivity index (χ0n) is 19.2. The first kappa shape index (κ1) is 22.3. The van der Waals surface area contributed by atoms with Crippen molar-refractivity contribution in [1.82, 2.24) is 0 Å². The lowest BCUT2D eigenvalue weighted by atomic mass is 9.79. The molecular formula is C27H44. The zero-order chi connectivity index (χ0) is 19.8. The van der Waals surface area contributed by atoms with Crippen molar-refractivity contribution < 1.29 is 0 Å². The molecule has 1 aromatic rings. The Kier molecular flexibility index (Phi) is 9.13. The minimum absolute atomic E-state index is 1.26. The molecular weight excluding hydrogens is 324 g/mol. The number of benzene rings is 1. The smallest absolute Gasteiger partial charge is 0.00521 e. The summed E-state index contributed by atoms with van der Waals surface area (Å²) >= 11 is 0. The number of hydrogen-bond acceptors (Lipinski definition) is 0. The van der Waals surface area contributed by atoms with Gasteiger partial charge in [0, 0.05) is 0 Å². The molecule has 0 bridgehead atoms. The number of allylic oxidation sites excluding steroid dienone is 2. The molecule has 2 rings (SSSR count). The Bertz CT molecular complexity index is 645. The first-order valence-electron chi connectivity index (χ1n) is 12.1. The van der Waals surface area contributed by atoms with Gasteiger partial charge in [-0.25, -0.2) is 0 Å². The van der Waals surface area contributed by atoms with E-state index in [1.165, 1.54) is 83.5 Å². The van der Waals surface area contributed by atoms with E-state index in [1.807, 2.05) is 0 Å². The Morgan fingerprint density at radius 2 is 0.926 bits per heavy atom. The second-order valence-electron chi connectivity index (χ2n) is 8.53. The van der Waals surface area contributed by atoms with Crippen LogP contribution in [0.1, 0.15) is 126 Å². The van der Waals surface area contributed by atoms with Gasteiger partial charge in [0.25, 0.3) is 0 Å². The summed E-state index contributed by atoms with van der Waals surface area (Å²) in [6.45, 7) is 14.2. The lowest BCUT2D eigenvalue weighted by molar-refractivity contribution is 0.790. The summed E-state index contributed by atoms with van der Waals surface area (Å²) in [6, 6.07) is 0. The maximum atomic E-state index is 2.37. The van der Waals surface area contributed by atoms with Gasteiger partial charge < -0.3 is 0 Å². The summed E-state index contributed by atoms with van der Waals surface area (Å²) in [6.07, 6.45) is 16.6. The topological polar surface area (TPSA) is 0 Å². The van der Waals surface area contributed by atoms with Gasteiger partial charge in [0.2, 0.25) is 0 Å². The fourth-order valence-corrected chi connectivity index (χ4v) is 5.36. The van der Waals surface area contributed by atoms with Gasteiger partial charge in [-0.2, -0.15) is 0 Å². The molecule has 0 amide bonds. The van der Waals surface area contributed by atoms with Crippen LogP contribution in [0.3, 0.4) is 0 Å². The maximum Gasteiger partial charge on any atom is -0.00521 e. The first-order valence-corrected chi connectivity index (χ1v) is 12.1. The van der Waals surface area contributed by atoms with Gasteiger partial charge in [0.05, 0.1) is 0 Å². The summed E-state index contributed by atoms with van der Waals surface area (Å²) in [7, 11) is 0. The van der Waals surface area contributed by atoms with Crippen molar-refractivity contribution in [2.75, 3.05) is 0 Å². The Labute approximate surface area is 169 Å². The van der Waals surface area contributed by atoms with Crippen molar-refractivity contribution in [2.45, 2.75) is 125 Å². The predicted octanol–water partition coefficient (Wildman–Crippen LogP) is 8.41. The van der Waals surface area contributed by atoms with Crippen LogP contribution in [0, 0.1) is 0 Å². The predicted molar refractivity (Wildman–Crippen MR) is 123 cm³/mol. The number of rotatable bonds is 12. The molecule has 0 fully saturated rings. The first-order chi connectivity index (χ1) is 13.2. The van der Waals surface area contributed by atoms with Crippen molar-refractivity contribution in [3.05, 3.63) is 39.0 Å². The third-order valence-electron chi connectivity index (χ3n) is 6.23. The van der Waals surface area contributed by atoms with Gasteiger partial charge >= 0.3 is 0 Å². The van der Waals surface area contributed by atoms with Gasteiger partial charge in [-0.3, -0.25) is 0 Å². The maximum absolute atomic E-state index is 2.37. The third-order valence-corrected chi connectivity index (χ3v) is 6.23. The van der Waals surface area contributed by atoms with Gasteiger partial charge in [0.15, 0.2) is 0 Å². The van der Waals surface area contributed by atoms with Crippen molar-refractivity contribution in [2.24, 2.45) is 0 Å². The molecule has 0 spiro atoms. The van der Waals surface area contributed by atoms with Crippen molar-refractivity contribution in [1.29, 1.82) is 0 Å². The van der Waals surface area contributed by atoms with E-state index in [9.17, 15) is 0 Å². The highest BCUT2D eigenvalue weighted by Crippen LogP contribution is 2.45. The standard InChI is InChI=1S/C27H44/c1-7-13-20-19-26-24(17-11-5)22(15-9-3)23(16-10-4)25(18-12-6)27(26)21(20)14-8-2/h7-19H2,1-6H3. The molecule has 0 N–H and O–H groups in total. The van der Waals surface area contributed by atoms with Crippen molar-refractivity contribution in [3.63, 3.8) is 0 Å². The summed E-state index contributed by atoms with van der Waals surface area (Å²) in [5, 5.41) is 0. The normalized spacial score (nSPS) is 13.6. The molecule has 0 radical (unpaired) electrons. The molecule has 1 aliphatic rings. The Morgan fingerprint density at radius 1 is 0.481 bits per heavy atom. The molecule has 152 valence electrons. The van der Waals surface area contributed by atoms with E-state index in [4.69, 9.17) is 0 Å². The Morgan fingerprint density at radius 3 is 1.44 bits per heavy atom. The molecule has 27 heavy (non-hydrogen) atoms. The van der Waals surface area contributed by atoms with Crippen LogP contribution in [-0.2, 0) is 32.1 Å².